The van der Waals surface area contributed by atoms with Gasteiger partial charge in [-0.3, -0.25) is 4.99 Å². The lowest BCUT2D eigenvalue weighted by molar-refractivity contribution is 0.421. The summed E-state index contributed by atoms with van der Waals surface area (Å²) in [6.45, 7) is 7.64. The Morgan fingerprint density at radius 1 is 1.25 bits per heavy atom. The molecule has 2 heteroatoms. The van der Waals surface area contributed by atoms with Crippen LogP contribution in [0, 0.1) is 0 Å². The average molecular weight is 168 g/mol. The van der Waals surface area contributed by atoms with Gasteiger partial charge in [-0.25, -0.2) is 0 Å². The highest BCUT2D eigenvalue weighted by Crippen LogP contribution is 2.15. The van der Waals surface area contributed by atoms with Crippen LogP contribution >= 0.6 is 0 Å². The lowest BCUT2D eigenvalue weighted by Gasteiger charge is -2.28. The molecule has 0 bridgehead atoms. The van der Waals surface area contributed by atoms with E-state index in [2.05, 4.69) is 32.7 Å². The van der Waals surface area contributed by atoms with Gasteiger partial charge in [0.05, 0.1) is 11.4 Å². The van der Waals surface area contributed by atoms with Gasteiger partial charge >= 0.3 is 0 Å². The molecule has 0 atom stereocenters. The smallest absolute Gasteiger partial charge is 0.0992 e. The van der Waals surface area contributed by atoms with Crippen LogP contribution in [-0.4, -0.2) is 29.9 Å². The monoisotopic (exact) mass is 168 g/mol. The van der Waals surface area contributed by atoms with Crippen molar-refractivity contribution < 1.29 is 0 Å². The Bertz CT molecular complexity index is 177. The van der Waals surface area contributed by atoms with Crippen LogP contribution in [0.1, 0.15) is 40.0 Å². The van der Waals surface area contributed by atoms with Crippen molar-refractivity contribution >= 4 is 5.84 Å². The molecular weight excluding hydrogens is 148 g/mol. The quantitative estimate of drug-likeness (QED) is 0.542. The van der Waals surface area contributed by atoms with Gasteiger partial charge in [-0.05, 0) is 33.6 Å². The normalized spacial score (nSPS) is 23.3. The number of likely N-dealkylation sites (tertiary alicyclic amines) is 1. The third-order valence-electron chi connectivity index (χ3n) is 2.05. The number of aliphatic imine (C=N–C) groups is 1. The fraction of sp³-hybridized carbons (Fsp3) is 0.900. The number of nitrogens with zero attached hydrogens (tertiary/aromatic N) is 2. The Kier molecular flexibility index (Phi) is 2.76. The molecule has 2 nitrogen and oxygen atoms in total. The number of piperidine rings is 1. The van der Waals surface area contributed by atoms with Crippen molar-refractivity contribution in [2.24, 2.45) is 4.99 Å². The highest BCUT2D eigenvalue weighted by Gasteiger charge is 2.15. The van der Waals surface area contributed by atoms with Gasteiger partial charge in [0, 0.05) is 20.0 Å². The minimum Gasteiger partial charge on any atom is -0.363 e. The van der Waals surface area contributed by atoms with Crippen LogP contribution in [0.5, 0.6) is 0 Å². The molecular formula is C10H20N2. The van der Waals surface area contributed by atoms with Crippen molar-refractivity contribution in [2.75, 3.05) is 13.6 Å². The van der Waals surface area contributed by atoms with Crippen LogP contribution in [0.3, 0.4) is 0 Å². The minimum atomic E-state index is 0.0843. The van der Waals surface area contributed by atoms with Crippen LogP contribution in [0.4, 0.5) is 0 Å². The van der Waals surface area contributed by atoms with Gasteiger partial charge < -0.3 is 4.90 Å². The van der Waals surface area contributed by atoms with Crippen molar-refractivity contribution in [1.29, 1.82) is 0 Å². The first-order valence-corrected chi connectivity index (χ1v) is 4.79. The van der Waals surface area contributed by atoms with E-state index < -0.39 is 0 Å². The molecule has 0 N–H and O–H groups in total. The van der Waals surface area contributed by atoms with Crippen LogP contribution < -0.4 is 0 Å². The van der Waals surface area contributed by atoms with E-state index in [-0.39, 0.29) is 5.54 Å². The summed E-state index contributed by atoms with van der Waals surface area (Å²) in [5.41, 5.74) is 0.0843. The first-order chi connectivity index (χ1) is 5.49. The van der Waals surface area contributed by atoms with Crippen LogP contribution in [-0.2, 0) is 0 Å². The Labute approximate surface area is 75.7 Å². The lowest BCUT2D eigenvalue weighted by atomic mass is 10.1. The predicted molar refractivity (Wildman–Crippen MR) is 53.7 cm³/mol. The fourth-order valence-corrected chi connectivity index (χ4v) is 1.48. The van der Waals surface area contributed by atoms with E-state index in [0.717, 1.165) is 6.42 Å². The Hall–Kier alpha value is -0.530. The second kappa shape index (κ2) is 3.46. The van der Waals surface area contributed by atoms with E-state index in [4.69, 9.17) is 4.99 Å². The van der Waals surface area contributed by atoms with Crippen LogP contribution in [0.25, 0.3) is 0 Å². The predicted octanol–water partition coefficient (Wildman–Crippen LogP) is 2.30. The summed E-state index contributed by atoms with van der Waals surface area (Å²) in [5, 5.41) is 0. The molecule has 0 aromatic heterocycles. The molecule has 1 aliphatic heterocycles. The summed E-state index contributed by atoms with van der Waals surface area (Å²) in [6, 6.07) is 0. The maximum atomic E-state index is 4.69. The second-order valence-corrected chi connectivity index (χ2v) is 4.58. The molecule has 0 aliphatic carbocycles. The summed E-state index contributed by atoms with van der Waals surface area (Å²) in [4.78, 5) is 6.98. The van der Waals surface area contributed by atoms with Gasteiger partial charge in [0.1, 0.15) is 0 Å². The second-order valence-electron chi connectivity index (χ2n) is 4.58. The number of rotatable bonds is 0. The maximum Gasteiger partial charge on any atom is 0.0992 e. The van der Waals surface area contributed by atoms with Crippen molar-refractivity contribution in [3.8, 4) is 0 Å². The van der Waals surface area contributed by atoms with E-state index in [0.29, 0.717) is 0 Å². The molecule has 70 valence electrons. The molecule has 1 aliphatic rings. The SMILES string of the molecule is CN1CCCCC1=NC(C)(C)C. The number of amidine groups is 1. The zero-order valence-electron chi connectivity index (χ0n) is 8.72. The molecule has 1 saturated heterocycles. The Balaban J connectivity index is 2.65. The standard InChI is InChI=1S/C10H20N2/c1-10(2,3)11-9-7-5-6-8-12(9)4/h5-8H2,1-4H3. The minimum absolute atomic E-state index is 0.0843. The van der Waals surface area contributed by atoms with Gasteiger partial charge in [0.2, 0.25) is 0 Å². The molecule has 0 saturated carbocycles. The number of hydrogen-bond donors (Lipinski definition) is 0. The third kappa shape index (κ3) is 2.84. The summed E-state index contributed by atoms with van der Waals surface area (Å²) in [6.07, 6.45) is 3.78. The average Bonchev–Trinajstić information content (AvgIpc) is 1.91. The Morgan fingerprint density at radius 2 is 1.92 bits per heavy atom. The first kappa shape index (κ1) is 9.56. The van der Waals surface area contributed by atoms with Gasteiger partial charge in [0.15, 0.2) is 0 Å². The van der Waals surface area contributed by atoms with Gasteiger partial charge in [-0.2, -0.15) is 0 Å². The summed E-state index contributed by atoms with van der Waals surface area (Å²) in [7, 11) is 2.14. The van der Waals surface area contributed by atoms with E-state index >= 15 is 0 Å². The van der Waals surface area contributed by atoms with Crippen molar-refractivity contribution in [1.82, 2.24) is 4.90 Å². The lowest BCUT2D eigenvalue weighted by Crippen LogP contribution is -2.33. The maximum absolute atomic E-state index is 4.69. The van der Waals surface area contributed by atoms with Crippen LogP contribution in [0.2, 0.25) is 0 Å². The van der Waals surface area contributed by atoms with E-state index in [1.807, 2.05) is 0 Å². The molecule has 1 fully saturated rings. The summed E-state index contributed by atoms with van der Waals surface area (Å²) < 4.78 is 0. The molecule has 0 spiro atoms. The molecule has 0 unspecified atom stereocenters. The molecule has 0 aromatic rings. The summed E-state index contributed by atoms with van der Waals surface area (Å²) >= 11 is 0. The molecule has 0 radical (unpaired) electrons. The van der Waals surface area contributed by atoms with Crippen LogP contribution in [0.15, 0.2) is 4.99 Å². The zero-order valence-corrected chi connectivity index (χ0v) is 8.72. The van der Waals surface area contributed by atoms with Gasteiger partial charge in [-0.1, -0.05) is 0 Å². The molecule has 0 amide bonds. The fourth-order valence-electron chi connectivity index (χ4n) is 1.48. The molecule has 12 heavy (non-hydrogen) atoms. The zero-order chi connectivity index (χ0) is 9.19. The topological polar surface area (TPSA) is 15.6 Å². The Morgan fingerprint density at radius 3 is 2.42 bits per heavy atom. The highest BCUT2D eigenvalue weighted by atomic mass is 15.2. The van der Waals surface area contributed by atoms with E-state index in [1.54, 1.807) is 0 Å². The summed E-state index contributed by atoms with van der Waals surface area (Å²) in [5.74, 6) is 1.29. The van der Waals surface area contributed by atoms with Crippen molar-refractivity contribution in [2.45, 2.75) is 45.6 Å². The van der Waals surface area contributed by atoms with Crippen molar-refractivity contribution in [3.63, 3.8) is 0 Å². The van der Waals surface area contributed by atoms with E-state index in [9.17, 15) is 0 Å². The first-order valence-electron chi connectivity index (χ1n) is 4.79. The number of hydrogen-bond acceptors (Lipinski definition) is 1. The molecule has 1 rings (SSSR count). The highest BCUT2D eigenvalue weighted by molar-refractivity contribution is 5.83. The largest absolute Gasteiger partial charge is 0.363 e. The van der Waals surface area contributed by atoms with Crippen molar-refractivity contribution in [3.05, 3.63) is 0 Å². The van der Waals surface area contributed by atoms with E-state index in [1.165, 1.54) is 25.2 Å². The third-order valence-corrected chi connectivity index (χ3v) is 2.05. The molecule has 0 aromatic carbocycles. The van der Waals surface area contributed by atoms with Gasteiger partial charge in [0.25, 0.3) is 0 Å². The molecule has 1 heterocycles. The van der Waals surface area contributed by atoms with Gasteiger partial charge in [-0.15, -0.1) is 0 Å².